The number of benzene rings is 1. The second-order valence-electron chi connectivity index (χ2n) is 4.97. The SMILES string of the molecule is COc1ccc(C(O)=CC(N)=NC(C)(C)C)cc1. The molecule has 1 rings (SSSR count). The molecular weight excluding hydrogens is 228 g/mol. The molecule has 0 saturated carbocycles. The van der Waals surface area contributed by atoms with Crippen LogP contribution >= 0.6 is 0 Å². The number of aliphatic hydroxyl groups excluding tert-OH is 1. The van der Waals surface area contributed by atoms with Crippen molar-refractivity contribution in [3.05, 3.63) is 35.9 Å². The smallest absolute Gasteiger partial charge is 0.126 e. The zero-order valence-electron chi connectivity index (χ0n) is 11.3. The van der Waals surface area contributed by atoms with Gasteiger partial charge in [0, 0.05) is 11.6 Å². The lowest BCUT2D eigenvalue weighted by Crippen LogP contribution is -2.18. The molecule has 0 amide bonds. The maximum absolute atomic E-state index is 9.91. The van der Waals surface area contributed by atoms with E-state index in [4.69, 9.17) is 10.5 Å². The lowest BCUT2D eigenvalue weighted by Gasteiger charge is -2.12. The van der Waals surface area contributed by atoms with Crippen LogP contribution in [0.25, 0.3) is 5.76 Å². The highest BCUT2D eigenvalue weighted by Gasteiger charge is 2.08. The Labute approximate surface area is 108 Å². The van der Waals surface area contributed by atoms with Crippen LogP contribution in [-0.4, -0.2) is 23.6 Å². The van der Waals surface area contributed by atoms with Gasteiger partial charge in [0.05, 0.1) is 12.6 Å². The van der Waals surface area contributed by atoms with Crippen molar-refractivity contribution in [1.82, 2.24) is 0 Å². The van der Waals surface area contributed by atoms with Crippen LogP contribution in [0, 0.1) is 0 Å². The van der Waals surface area contributed by atoms with E-state index >= 15 is 0 Å². The average Bonchev–Trinajstić information content (AvgIpc) is 2.26. The number of aliphatic imine (C=N–C) groups is 1. The predicted octanol–water partition coefficient (Wildman–Crippen LogP) is 2.75. The zero-order valence-corrected chi connectivity index (χ0v) is 11.3. The summed E-state index contributed by atoms with van der Waals surface area (Å²) in [6, 6.07) is 7.07. The van der Waals surface area contributed by atoms with Gasteiger partial charge in [-0.25, -0.2) is 0 Å². The predicted molar refractivity (Wildman–Crippen MR) is 75.0 cm³/mol. The van der Waals surface area contributed by atoms with Gasteiger partial charge < -0.3 is 15.6 Å². The number of nitrogens with two attached hydrogens (primary N) is 1. The van der Waals surface area contributed by atoms with E-state index in [9.17, 15) is 5.11 Å². The van der Waals surface area contributed by atoms with Gasteiger partial charge in [-0.15, -0.1) is 0 Å². The van der Waals surface area contributed by atoms with E-state index in [1.807, 2.05) is 20.8 Å². The van der Waals surface area contributed by atoms with Gasteiger partial charge >= 0.3 is 0 Å². The van der Waals surface area contributed by atoms with Gasteiger partial charge in [-0.05, 0) is 45.0 Å². The molecule has 0 spiro atoms. The summed E-state index contributed by atoms with van der Waals surface area (Å²) in [5.74, 6) is 1.13. The van der Waals surface area contributed by atoms with Crippen molar-refractivity contribution in [3.63, 3.8) is 0 Å². The van der Waals surface area contributed by atoms with Gasteiger partial charge in [0.25, 0.3) is 0 Å². The van der Waals surface area contributed by atoms with E-state index in [0.717, 1.165) is 5.75 Å². The fourth-order valence-electron chi connectivity index (χ4n) is 1.40. The average molecular weight is 248 g/mol. The van der Waals surface area contributed by atoms with Crippen molar-refractivity contribution in [1.29, 1.82) is 0 Å². The summed E-state index contributed by atoms with van der Waals surface area (Å²) in [5, 5.41) is 9.91. The first kappa shape index (κ1) is 14.1. The maximum atomic E-state index is 9.91. The zero-order chi connectivity index (χ0) is 13.8. The number of hydrogen-bond acceptors (Lipinski definition) is 3. The van der Waals surface area contributed by atoms with E-state index in [2.05, 4.69) is 4.99 Å². The molecule has 18 heavy (non-hydrogen) atoms. The van der Waals surface area contributed by atoms with Crippen LogP contribution in [0.4, 0.5) is 0 Å². The van der Waals surface area contributed by atoms with Crippen LogP contribution in [0.15, 0.2) is 35.3 Å². The maximum Gasteiger partial charge on any atom is 0.126 e. The quantitative estimate of drug-likeness (QED) is 0.491. The molecule has 1 aromatic carbocycles. The number of methoxy groups -OCH3 is 1. The van der Waals surface area contributed by atoms with Gasteiger partial charge in [0.2, 0.25) is 0 Å². The van der Waals surface area contributed by atoms with Crippen molar-refractivity contribution < 1.29 is 9.84 Å². The highest BCUT2D eigenvalue weighted by atomic mass is 16.5. The van der Waals surface area contributed by atoms with Crippen LogP contribution in [-0.2, 0) is 0 Å². The number of rotatable bonds is 3. The largest absolute Gasteiger partial charge is 0.507 e. The Bertz CT molecular complexity index is 454. The van der Waals surface area contributed by atoms with Crippen molar-refractivity contribution >= 4 is 11.6 Å². The first-order chi connectivity index (χ1) is 8.31. The molecule has 0 aromatic heterocycles. The normalized spacial score (nSPS) is 13.6. The Morgan fingerprint density at radius 3 is 2.28 bits per heavy atom. The Kier molecular flexibility index (Phi) is 4.37. The molecule has 0 unspecified atom stereocenters. The van der Waals surface area contributed by atoms with Crippen LogP contribution in [0.3, 0.4) is 0 Å². The van der Waals surface area contributed by atoms with Crippen LogP contribution < -0.4 is 10.5 Å². The Morgan fingerprint density at radius 2 is 1.83 bits per heavy atom. The molecule has 4 nitrogen and oxygen atoms in total. The summed E-state index contributed by atoms with van der Waals surface area (Å²) in [6.45, 7) is 5.83. The third-order valence-electron chi connectivity index (χ3n) is 2.13. The minimum absolute atomic E-state index is 0.0863. The van der Waals surface area contributed by atoms with Crippen molar-refractivity contribution in [2.45, 2.75) is 26.3 Å². The fraction of sp³-hybridized carbons (Fsp3) is 0.357. The Morgan fingerprint density at radius 1 is 1.28 bits per heavy atom. The monoisotopic (exact) mass is 248 g/mol. The minimum atomic E-state index is -0.263. The van der Waals surface area contributed by atoms with Gasteiger partial charge in [-0.3, -0.25) is 4.99 Å². The van der Waals surface area contributed by atoms with Crippen molar-refractivity contribution in [2.75, 3.05) is 7.11 Å². The van der Waals surface area contributed by atoms with Gasteiger partial charge in [0.15, 0.2) is 0 Å². The third kappa shape index (κ3) is 4.49. The molecule has 0 saturated heterocycles. The molecule has 0 fully saturated rings. The van der Waals surface area contributed by atoms with Gasteiger partial charge in [0.1, 0.15) is 17.3 Å². The summed E-state index contributed by atoms with van der Waals surface area (Å²) in [6.07, 6.45) is 1.45. The van der Waals surface area contributed by atoms with E-state index in [-0.39, 0.29) is 11.3 Å². The lowest BCUT2D eigenvalue weighted by atomic mass is 10.1. The third-order valence-corrected chi connectivity index (χ3v) is 2.13. The number of ether oxygens (including phenoxy) is 1. The summed E-state index contributed by atoms with van der Waals surface area (Å²) in [5.41, 5.74) is 6.15. The van der Waals surface area contributed by atoms with Gasteiger partial charge in [-0.2, -0.15) is 0 Å². The Hall–Kier alpha value is -1.97. The van der Waals surface area contributed by atoms with E-state index in [1.165, 1.54) is 6.08 Å². The number of nitrogens with zero attached hydrogens (tertiary/aromatic N) is 1. The lowest BCUT2D eigenvalue weighted by molar-refractivity contribution is 0.414. The molecule has 0 heterocycles. The minimum Gasteiger partial charge on any atom is -0.507 e. The summed E-state index contributed by atoms with van der Waals surface area (Å²) < 4.78 is 5.05. The van der Waals surface area contributed by atoms with Crippen molar-refractivity contribution in [3.8, 4) is 5.75 Å². The number of hydrogen-bond donors (Lipinski definition) is 2. The highest BCUT2D eigenvalue weighted by molar-refractivity contribution is 5.97. The molecule has 0 aliphatic heterocycles. The molecule has 98 valence electrons. The fourth-order valence-corrected chi connectivity index (χ4v) is 1.40. The van der Waals surface area contributed by atoms with E-state index < -0.39 is 0 Å². The molecule has 0 aliphatic rings. The second-order valence-corrected chi connectivity index (χ2v) is 4.97. The molecular formula is C14H20N2O2. The van der Waals surface area contributed by atoms with Crippen LogP contribution in [0.1, 0.15) is 26.3 Å². The first-order valence-corrected chi connectivity index (χ1v) is 5.72. The number of aliphatic hydroxyl groups is 1. The first-order valence-electron chi connectivity index (χ1n) is 5.72. The Balaban J connectivity index is 2.92. The molecule has 0 radical (unpaired) electrons. The summed E-state index contributed by atoms with van der Waals surface area (Å²) >= 11 is 0. The summed E-state index contributed by atoms with van der Waals surface area (Å²) in [7, 11) is 1.60. The van der Waals surface area contributed by atoms with Gasteiger partial charge in [-0.1, -0.05) is 0 Å². The molecule has 4 heteroatoms. The van der Waals surface area contributed by atoms with Crippen LogP contribution in [0.2, 0.25) is 0 Å². The second kappa shape index (κ2) is 5.58. The molecule has 1 aromatic rings. The summed E-state index contributed by atoms with van der Waals surface area (Å²) in [4.78, 5) is 4.24. The molecule has 3 N–H and O–H groups in total. The van der Waals surface area contributed by atoms with Crippen LogP contribution in [0.5, 0.6) is 5.75 Å². The van der Waals surface area contributed by atoms with E-state index in [0.29, 0.717) is 11.4 Å². The topological polar surface area (TPSA) is 67.8 Å². The number of amidine groups is 1. The molecule has 0 aliphatic carbocycles. The van der Waals surface area contributed by atoms with Crippen molar-refractivity contribution in [2.24, 2.45) is 10.7 Å². The molecule has 0 atom stereocenters. The molecule has 0 bridgehead atoms. The van der Waals surface area contributed by atoms with E-state index in [1.54, 1.807) is 31.4 Å². The standard InChI is InChI=1S/C14H20N2O2/c1-14(2,3)16-13(15)9-12(17)10-5-7-11(18-4)8-6-10/h5-9,17H,1-4H3,(H2,15,16). The highest BCUT2D eigenvalue weighted by Crippen LogP contribution is 2.16.